The van der Waals surface area contributed by atoms with Gasteiger partial charge in [0.15, 0.2) is 0 Å². The Morgan fingerprint density at radius 3 is 2.73 bits per heavy atom. The minimum absolute atomic E-state index is 0.0855. The lowest BCUT2D eigenvalue weighted by Crippen LogP contribution is -2.23. The van der Waals surface area contributed by atoms with Crippen molar-refractivity contribution >= 4 is 15.7 Å². The molecule has 0 saturated carbocycles. The first-order valence-corrected chi connectivity index (χ1v) is 5.61. The summed E-state index contributed by atoms with van der Waals surface area (Å²) in [5, 5.41) is 0. The molecule has 0 radical (unpaired) electrons. The summed E-state index contributed by atoms with van der Waals surface area (Å²) in [6, 6.07) is 3.32. The van der Waals surface area contributed by atoms with Gasteiger partial charge < -0.3 is 5.73 Å². The van der Waals surface area contributed by atoms with Crippen molar-refractivity contribution < 1.29 is 12.8 Å². The van der Waals surface area contributed by atoms with Crippen LogP contribution in [-0.4, -0.2) is 15.0 Å². The largest absolute Gasteiger partial charge is 0.396 e. The zero-order chi connectivity index (χ0) is 11.5. The number of anilines is 1. The van der Waals surface area contributed by atoms with Gasteiger partial charge in [-0.2, -0.15) is 0 Å². The van der Waals surface area contributed by atoms with Crippen molar-refractivity contribution in [1.29, 1.82) is 0 Å². The lowest BCUT2D eigenvalue weighted by atomic mass is 10.3. The molecule has 3 N–H and O–H groups in total. The van der Waals surface area contributed by atoms with Gasteiger partial charge in [-0.15, -0.1) is 6.58 Å². The molecule has 1 aromatic carbocycles. The van der Waals surface area contributed by atoms with Gasteiger partial charge in [0.25, 0.3) is 0 Å². The molecule has 0 aliphatic heterocycles. The Balaban J connectivity index is 3.05. The maximum atomic E-state index is 13.0. The second-order valence-electron chi connectivity index (χ2n) is 2.82. The first kappa shape index (κ1) is 11.7. The van der Waals surface area contributed by atoms with E-state index in [1.165, 1.54) is 18.2 Å². The molecule has 1 rings (SSSR count). The Bertz CT molecular complexity index is 471. The predicted octanol–water partition coefficient (Wildman–Crippen LogP) is 0.872. The highest BCUT2D eigenvalue weighted by molar-refractivity contribution is 7.89. The molecule has 82 valence electrons. The van der Waals surface area contributed by atoms with Gasteiger partial charge in [0, 0.05) is 6.54 Å². The highest BCUT2D eigenvalue weighted by Crippen LogP contribution is 2.15. The van der Waals surface area contributed by atoms with Gasteiger partial charge >= 0.3 is 0 Å². The lowest BCUT2D eigenvalue weighted by molar-refractivity contribution is 0.582. The molecule has 0 saturated heterocycles. The third-order valence-corrected chi connectivity index (χ3v) is 3.12. The van der Waals surface area contributed by atoms with E-state index in [9.17, 15) is 12.8 Å². The Morgan fingerprint density at radius 2 is 2.20 bits per heavy atom. The first-order chi connectivity index (χ1) is 6.97. The number of benzene rings is 1. The maximum Gasteiger partial charge on any atom is 0.240 e. The van der Waals surface area contributed by atoms with Crippen LogP contribution in [0.5, 0.6) is 0 Å². The second kappa shape index (κ2) is 4.41. The molecular formula is C9H11FN2O2S. The summed E-state index contributed by atoms with van der Waals surface area (Å²) in [6.45, 7) is 3.46. The van der Waals surface area contributed by atoms with Crippen LogP contribution in [0.4, 0.5) is 10.1 Å². The molecule has 4 nitrogen and oxygen atoms in total. The van der Waals surface area contributed by atoms with E-state index >= 15 is 0 Å². The number of hydrogen-bond acceptors (Lipinski definition) is 3. The molecule has 0 aromatic heterocycles. The summed E-state index contributed by atoms with van der Waals surface area (Å²) in [5.41, 5.74) is 5.14. The molecule has 1 aromatic rings. The van der Waals surface area contributed by atoms with Crippen LogP contribution < -0.4 is 10.5 Å². The second-order valence-corrected chi connectivity index (χ2v) is 4.59. The van der Waals surface area contributed by atoms with Gasteiger partial charge in [0.05, 0.1) is 10.6 Å². The van der Waals surface area contributed by atoms with Gasteiger partial charge in [-0.25, -0.2) is 17.5 Å². The number of hydrogen-bond donors (Lipinski definition) is 2. The number of sulfonamides is 1. The molecular weight excluding hydrogens is 219 g/mol. The fourth-order valence-electron chi connectivity index (χ4n) is 0.927. The Morgan fingerprint density at radius 1 is 1.53 bits per heavy atom. The van der Waals surface area contributed by atoms with Crippen LogP contribution in [0.2, 0.25) is 0 Å². The van der Waals surface area contributed by atoms with Crippen LogP contribution in [0.3, 0.4) is 0 Å². The van der Waals surface area contributed by atoms with Crippen molar-refractivity contribution in [2.45, 2.75) is 4.90 Å². The summed E-state index contributed by atoms with van der Waals surface area (Å²) >= 11 is 0. The predicted molar refractivity (Wildman–Crippen MR) is 56.2 cm³/mol. The highest BCUT2D eigenvalue weighted by atomic mass is 32.2. The number of halogens is 1. The van der Waals surface area contributed by atoms with Crippen molar-refractivity contribution in [1.82, 2.24) is 4.72 Å². The van der Waals surface area contributed by atoms with Crippen LogP contribution in [0.15, 0.2) is 35.7 Å². The van der Waals surface area contributed by atoms with Crippen LogP contribution >= 0.6 is 0 Å². The highest BCUT2D eigenvalue weighted by Gasteiger charge is 2.14. The van der Waals surface area contributed by atoms with E-state index in [0.717, 1.165) is 6.07 Å². The molecule has 0 atom stereocenters. The topological polar surface area (TPSA) is 72.2 Å². The number of nitrogens with one attached hydrogen (secondary N) is 1. The lowest BCUT2D eigenvalue weighted by Gasteiger charge is -2.05. The van der Waals surface area contributed by atoms with Crippen LogP contribution in [0.25, 0.3) is 0 Å². The van der Waals surface area contributed by atoms with Gasteiger partial charge in [0.1, 0.15) is 5.82 Å². The summed E-state index contributed by atoms with van der Waals surface area (Å²) in [6.07, 6.45) is 1.39. The average molecular weight is 230 g/mol. The fraction of sp³-hybridized carbons (Fsp3) is 0.111. The van der Waals surface area contributed by atoms with Gasteiger partial charge in [-0.05, 0) is 18.2 Å². The van der Waals surface area contributed by atoms with E-state index in [1.807, 2.05) is 0 Å². The Hall–Kier alpha value is -1.40. The third kappa shape index (κ3) is 2.77. The van der Waals surface area contributed by atoms with Gasteiger partial charge in [0.2, 0.25) is 10.0 Å². The van der Waals surface area contributed by atoms with E-state index in [4.69, 9.17) is 5.73 Å². The summed E-state index contributed by atoms with van der Waals surface area (Å²) in [7, 11) is -3.68. The van der Waals surface area contributed by atoms with Crippen molar-refractivity contribution in [2.24, 2.45) is 0 Å². The van der Waals surface area contributed by atoms with E-state index in [1.54, 1.807) is 0 Å². The molecule has 15 heavy (non-hydrogen) atoms. The smallest absolute Gasteiger partial charge is 0.240 e. The quantitative estimate of drug-likeness (QED) is 0.595. The molecule has 0 bridgehead atoms. The number of rotatable bonds is 4. The number of nitrogens with two attached hydrogens (primary N) is 1. The zero-order valence-corrected chi connectivity index (χ0v) is 8.72. The van der Waals surface area contributed by atoms with Crippen LogP contribution in [0, 0.1) is 5.82 Å². The molecule has 0 unspecified atom stereocenters. The average Bonchev–Trinajstić information content (AvgIpc) is 2.19. The summed E-state index contributed by atoms with van der Waals surface area (Å²) in [4.78, 5) is -0.156. The standard InChI is InChI=1S/C9H11FN2O2S/c1-2-5-12-15(13,14)7-3-4-9(11)8(10)6-7/h2-4,6,12H,1,5,11H2. The monoisotopic (exact) mass is 230 g/mol. The molecule has 0 amide bonds. The Kier molecular flexibility index (Phi) is 3.43. The third-order valence-electron chi connectivity index (χ3n) is 1.70. The van der Waals surface area contributed by atoms with E-state index < -0.39 is 15.8 Å². The minimum Gasteiger partial charge on any atom is -0.396 e. The summed E-state index contributed by atoms with van der Waals surface area (Å²) in [5.74, 6) is -0.753. The Labute approximate surface area is 87.7 Å². The summed E-state index contributed by atoms with van der Waals surface area (Å²) < 4.78 is 38.2. The molecule has 0 heterocycles. The molecule has 0 fully saturated rings. The first-order valence-electron chi connectivity index (χ1n) is 4.13. The van der Waals surface area contributed by atoms with Crippen LogP contribution in [-0.2, 0) is 10.0 Å². The van der Waals surface area contributed by atoms with Crippen molar-refractivity contribution in [2.75, 3.05) is 12.3 Å². The molecule has 6 heteroatoms. The molecule has 0 aliphatic carbocycles. The molecule has 0 aliphatic rings. The molecule has 0 spiro atoms. The fourth-order valence-corrected chi connectivity index (χ4v) is 1.94. The van der Waals surface area contributed by atoms with E-state index in [-0.39, 0.29) is 17.1 Å². The van der Waals surface area contributed by atoms with Crippen LogP contribution in [0.1, 0.15) is 0 Å². The van der Waals surface area contributed by atoms with Gasteiger partial charge in [-0.1, -0.05) is 6.08 Å². The minimum atomic E-state index is -3.68. The van der Waals surface area contributed by atoms with Crippen molar-refractivity contribution in [3.05, 3.63) is 36.7 Å². The maximum absolute atomic E-state index is 13.0. The van der Waals surface area contributed by atoms with Crippen molar-refractivity contribution in [3.8, 4) is 0 Å². The SMILES string of the molecule is C=CCNS(=O)(=O)c1ccc(N)c(F)c1. The number of nitrogen functional groups attached to an aromatic ring is 1. The normalized spacial score (nSPS) is 11.3. The zero-order valence-electron chi connectivity index (χ0n) is 7.90. The van der Waals surface area contributed by atoms with E-state index in [2.05, 4.69) is 11.3 Å². The van der Waals surface area contributed by atoms with E-state index in [0.29, 0.717) is 0 Å². The van der Waals surface area contributed by atoms with Crippen molar-refractivity contribution in [3.63, 3.8) is 0 Å². The van der Waals surface area contributed by atoms with Gasteiger partial charge in [-0.3, -0.25) is 0 Å².